The molecule has 1 atom stereocenters. The zero-order chi connectivity index (χ0) is 15.7. The predicted octanol–water partition coefficient (Wildman–Crippen LogP) is 2.53. The van der Waals surface area contributed by atoms with Gasteiger partial charge in [0.25, 0.3) is 0 Å². The maximum atomic E-state index is 12.5. The first-order chi connectivity index (χ1) is 10.4. The number of carbonyl (C=O) groups is 1. The molecule has 0 spiro atoms. The number of hydrogen-bond donors (Lipinski definition) is 0. The summed E-state index contributed by atoms with van der Waals surface area (Å²) in [7, 11) is -2.99. The largest absolute Gasteiger partial charge is 0.332 e. The van der Waals surface area contributed by atoms with Crippen molar-refractivity contribution in [3.05, 3.63) is 40.9 Å². The van der Waals surface area contributed by atoms with Gasteiger partial charge in [0.05, 0.1) is 11.5 Å². The third-order valence-electron chi connectivity index (χ3n) is 4.06. The molecule has 1 saturated heterocycles. The van der Waals surface area contributed by atoms with Gasteiger partial charge in [-0.15, -0.1) is 0 Å². The van der Waals surface area contributed by atoms with Crippen LogP contribution in [0.25, 0.3) is 6.08 Å². The number of hydrogen-bond acceptors (Lipinski definition) is 3. The molecule has 4 nitrogen and oxygen atoms in total. The Morgan fingerprint density at radius 3 is 2.59 bits per heavy atom. The van der Waals surface area contributed by atoms with Crippen LogP contribution >= 0.6 is 11.6 Å². The summed E-state index contributed by atoms with van der Waals surface area (Å²) in [5.41, 5.74) is 0.857. The highest BCUT2D eigenvalue weighted by Crippen LogP contribution is 2.32. The number of carbonyl (C=O) groups excluding carboxylic acids is 1. The summed E-state index contributed by atoms with van der Waals surface area (Å²) in [4.78, 5) is 14.3. The Bertz CT molecular complexity index is 710. The highest BCUT2D eigenvalue weighted by Gasteiger charge is 2.41. The minimum atomic E-state index is -2.99. The van der Waals surface area contributed by atoms with Crippen LogP contribution in [0.3, 0.4) is 0 Å². The lowest BCUT2D eigenvalue weighted by Crippen LogP contribution is -2.41. The number of nitrogens with zero attached hydrogens (tertiary/aromatic N) is 1. The Labute approximate surface area is 135 Å². The molecule has 1 aliphatic heterocycles. The number of sulfone groups is 1. The van der Waals surface area contributed by atoms with Crippen molar-refractivity contribution in [1.29, 1.82) is 0 Å². The van der Waals surface area contributed by atoms with Crippen LogP contribution in [-0.4, -0.2) is 42.8 Å². The Morgan fingerprint density at radius 2 is 2.00 bits per heavy atom. The van der Waals surface area contributed by atoms with Crippen LogP contribution in [-0.2, 0) is 14.6 Å². The maximum absolute atomic E-state index is 12.5. The zero-order valence-electron chi connectivity index (χ0n) is 12.1. The van der Waals surface area contributed by atoms with Gasteiger partial charge in [-0.3, -0.25) is 4.79 Å². The topological polar surface area (TPSA) is 54.5 Å². The molecular weight excluding hydrogens is 322 g/mol. The number of rotatable bonds is 4. The molecule has 22 heavy (non-hydrogen) atoms. The van der Waals surface area contributed by atoms with E-state index in [4.69, 9.17) is 11.6 Å². The lowest BCUT2D eigenvalue weighted by Gasteiger charge is -2.27. The number of amides is 1. The first kappa shape index (κ1) is 15.6. The molecule has 0 N–H and O–H groups in total. The third-order valence-corrected chi connectivity index (χ3v) is 6.05. The maximum Gasteiger partial charge on any atom is 0.247 e. The molecule has 6 heteroatoms. The molecule has 3 rings (SSSR count). The second-order valence-corrected chi connectivity index (χ2v) is 8.59. The standard InChI is InChI=1S/C16H18ClNO3S/c17-13-3-1-2-12(10-13)4-7-16(19)18(14-5-6-14)15-8-9-22(20,21)11-15/h1-4,7,10,14-15H,5-6,8-9,11H2/b7-4+. The van der Waals surface area contributed by atoms with Crippen molar-refractivity contribution in [3.8, 4) is 0 Å². The van der Waals surface area contributed by atoms with Crippen LogP contribution in [0.15, 0.2) is 30.3 Å². The van der Waals surface area contributed by atoms with E-state index in [-0.39, 0.29) is 29.5 Å². The molecule has 1 saturated carbocycles. The Hall–Kier alpha value is -1.33. The smallest absolute Gasteiger partial charge is 0.247 e. The van der Waals surface area contributed by atoms with Gasteiger partial charge in [-0.05, 0) is 43.0 Å². The molecule has 1 unspecified atom stereocenters. The minimum absolute atomic E-state index is 0.0975. The van der Waals surface area contributed by atoms with E-state index in [1.807, 2.05) is 12.1 Å². The summed E-state index contributed by atoms with van der Waals surface area (Å²) in [6.45, 7) is 0. The van der Waals surface area contributed by atoms with E-state index in [1.54, 1.807) is 23.1 Å². The summed E-state index contributed by atoms with van der Waals surface area (Å²) in [6.07, 6.45) is 5.73. The van der Waals surface area contributed by atoms with Gasteiger partial charge in [-0.25, -0.2) is 8.42 Å². The lowest BCUT2D eigenvalue weighted by atomic mass is 10.2. The predicted molar refractivity (Wildman–Crippen MR) is 87.4 cm³/mol. The van der Waals surface area contributed by atoms with Gasteiger partial charge in [0, 0.05) is 23.2 Å². The summed E-state index contributed by atoms with van der Waals surface area (Å²) in [6, 6.07) is 7.29. The zero-order valence-corrected chi connectivity index (χ0v) is 13.7. The summed E-state index contributed by atoms with van der Waals surface area (Å²) in [5.74, 6) is 0.177. The average Bonchev–Trinajstić information content (AvgIpc) is 3.21. The van der Waals surface area contributed by atoms with Crippen LogP contribution in [0.1, 0.15) is 24.8 Å². The summed E-state index contributed by atoms with van der Waals surface area (Å²) in [5, 5.41) is 0.621. The molecule has 1 aliphatic carbocycles. The summed E-state index contributed by atoms with van der Waals surface area (Å²) < 4.78 is 23.3. The Balaban J connectivity index is 1.73. The first-order valence-electron chi connectivity index (χ1n) is 7.41. The van der Waals surface area contributed by atoms with Crippen LogP contribution in [0.5, 0.6) is 0 Å². The molecule has 1 aromatic carbocycles. The Morgan fingerprint density at radius 1 is 1.23 bits per heavy atom. The molecule has 1 amide bonds. The van der Waals surface area contributed by atoms with Gasteiger partial charge >= 0.3 is 0 Å². The minimum Gasteiger partial charge on any atom is -0.332 e. The van der Waals surface area contributed by atoms with Gasteiger partial charge in [0.15, 0.2) is 9.84 Å². The van der Waals surface area contributed by atoms with Gasteiger partial charge in [-0.1, -0.05) is 23.7 Å². The van der Waals surface area contributed by atoms with Crippen molar-refractivity contribution in [1.82, 2.24) is 4.90 Å². The molecule has 1 aromatic rings. The van der Waals surface area contributed by atoms with Gasteiger partial charge in [0.1, 0.15) is 0 Å². The molecule has 2 fully saturated rings. The first-order valence-corrected chi connectivity index (χ1v) is 9.61. The normalized spacial score (nSPS) is 23.8. The van der Waals surface area contributed by atoms with Crippen molar-refractivity contribution < 1.29 is 13.2 Å². The second-order valence-electron chi connectivity index (χ2n) is 5.92. The molecular formula is C16H18ClNO3S. The van der Waals surface area contributed by atoms with Crippen LogP contribution in [0.2, 0.25) is 5.02 Å². The van der Waals surface area contributed by atoms with Crippen LogP contribution < -0.4 is 0 Å². The van der Waals surface area contributed by atoms with Crippen molar-refractivity contribution in [2.75, 3.05) is 11.5 Å². The number of benzene rings is 1. The molecule has 118 valence electrons. The molecule has 0 aromatic heterocycles. The number of halogens is 1. The molecule has 2 aliphatic rings. The van der Waals surface area contributed by atoms with Crippen molar-refractivity contribution in [2.24, 2.45) is 0 Å². The monoisotopic (exact) mass is 339 g/mol. The van der Waals surface area contributed by atoms with Crippen molar-refractivity contribution in [2.45, 2.75) is 31.3 Å². The fourth-order valence-electron chi connectivity index (χ4n) is 2.87. The lowest BCUT2D eigenvalue weighted by molar-refractivity contribution is -0.128. The molecule has 0 bridgehead atoms. The van der Waals surface area contributed by atoms with E-state index in [0.29, 0.717) is 11.4 Å². The average molecular weight is 340 g/mol. The van der Waals surface area contributed by atoms with Gasteiger partial charge in [0.2, 0.25) is 5.91 Å². The third kappa shape index (κ3) is 3.70. The van der Waals surface area contributed by atoms with E-state index in [1.165, 1.54) is 6.08 Å². The van der Waals surface area contributed by atoms with Crippen molar-refractivity contribution >= 4 is 33.4 Å². The highest BCUT2D eigenvalue weighted by atomic mass is 35.5. The van der Waals surface area contributed by atoms with Crippen LogP contribution in [0.4, 0.5) is 0 Å². The van der Waals surface area contributed by atoms with Gasteiger partial charge < -0.3 is 4.90 Å². The van der Waals surface area contributed by atoms with E-state index in [2.05, 4.69) is 0 Å². The van der Waals surface area contributed by atoms with E-state index >= 15 is 0 Å². The van der Waals surface area contributed by atoms with E-state index in [0.717, 1.165) is 18.4 Å². The fourth-order valence-corrected chi connectivity index (χ4v) is 4.78. The van der Waals surface area contributed by atoms with Gasteiger partial charge in [-0.2, -0.15) is 0 Å². The molecule has 1 heterocycles. The SMILES string of the molecule is O=C(/C=C/c1cccc(Cl)c1)N(C1CC1)C1CCS(=O)(=O)C1. The van der Waals surface area contributed by atoms with Crippen LogP contribution in [0, 0.1) is 0 Å². The highest BCUT2D eigenvalue weighted by molar-refractivity contribution is 7.91. The van der Waals surface area contributed by atoms with E-state index in [9.17, 15) is 13.2 Å². The summed E-state index contributed by atoms with van der Waals surface area (Å²) >= 11 is 5.92. The Kier molecular flexibility index (Phi) is 4.28. The van der Waals surface area contributed by atoms with E-state index < -0.39 is 9.84 Å². The van der Waals surface area contributed by atoms with Crippen molar-refractivity contribution in [3.63, 3.8) is 0 Å². The fraction of sp³-hybridized carbons (Fsp3) is 0.438. The second kappa shape index (κ2) is 6.05. The molecule has 0 radical (unpaired) electrons. The quantitative estimate of drug-likeness (QED) is 0.792.